The third-order valence-corrected chi connectivity index (χ3v) is 6.97. The molecule has 2 heterocycles. The van der Waals surface area contributed by atoms with Crippen molar-refractivity contribution in [3.05, 3.63) is 65.7 Å². The van der Waals surface area contributed by atoms with Gasteiger partial charge in [0.25, 0.3) is 0 Å². The van der Waals surface area contributed by atoms with Gasteiger partial charge < -0.3 is 9.64 Å². The lowest BCUT2D eigenvalue weighted by atomic mass is 9.90. The summed E-state index contributed by atoms with van der Waals surface area (Å²) in [6, 6.07) is 18.4. The van der Waals surface area contributed by atoms with Crippen molar-refractivity contribution in [3.63, 3.8) is 0 Å². The van der Waals surface area contributed by atoms with E-state index in [1.165, 1.54) is 17.3 Å². The Morgan fingerprint density at radius 3 is 2.50 bits per heavy atom. The van der Waals surface area contributed by atoms with E-state index in [-0.39, 0.29) is 11.2 Å². The lowest BCUT2D eigenvalue weighted by Crippen LogP contribution is -2.42. The van der Waals surface area contributed by atoms with Crippen LogP contribution in [0, 0.1) is 5.92 Å². The second kappa shape index (κ2) is 10.6. The standard InChI is InChI=1S/C24H29N5O2S/c1-18(23(30)28-14-12-20(13-15-28)16-19-6-4-3-5-7-19)32-24-25-26-27-29(24)17-21-8-10-22(31-2)11-9-21/h3-11,18,20H,12-17H2,1-2H3/t18-/m1/s1. The van der Waals surface area contributed by atoms with Crippen LogP contribution >= 0.6 is 11.8 Å². The first-order valence-corrected chi connectivity index (χ1v) is 11.9. The third kappa shape index (κ3) is 5.68. The number of nitrogens with zero attached hydrogens (tertiary/aromatic N) is 5. The highest BCUT2D eigenvalue weighted by atomic mass is 32.2. The highest BCUT2D eigenvalue weighted by molar-refractivity contribution is 8.00. The van der Waals surface area contributed by atoms with Crippen molar-refractivity contribution < 1.29 is 9.53 Å². The maximum atomic E-state index is 13.0. The van der Waals surface area contributed by atoms with Crippen LogP contribution in [-0.2, 0) is 17.8 Å². The van der Waals surface area contributed by atoms with Crippen LogP contribution in [0.2, 0.25) is 0 Å². The van der Waals surface area contributed by atoms with Gasteiger partial charge in [-0.05, 0) is 65.8 Å². The van der Waals surface area contributed by atoms with Gasteiger partial charge in [0.15, 0.2) is 0 Å². The highest BCUT2D eigenvalue weighted by Crippen LogP contribution is 2.26. The molecule has 32 heavy (non-hydrogen) atoms. The SMILES string of the molecule is COc1ccc(Cn2nnnc2S[C@H](C)C(=O)N2CCC(Cc3ccccc3)CC2)cc1. The van der Waals surface area contributed by atoms with Crippen LogP contribution in [0.25, 0.3) is 0 Å². The van der Waals surface area contributed by atoms with Gasteiger partial charge in [0, 0.05) is 13.1 Å². The molecule has 168 valence electrons. The Balaban J connectivity index is 1.29. The minimum atomic E-state index is -0.235. The van der Waals surface area contributed by atoms with Crippen LogP contribution in [0.3, 0.4) is 0 Å². The molecule has 0 bridgehead atoms. The Labute approximate surface area is 193 Å². The van der Waals surface area contributed by atoms with Crippen molar-refractivity contribution in [3.8, 4) is 5.75 Å². The molecule has 1 fully saturated rings. The number of carbonyl (C=O) groups excluding carboxylic acids is 1. The van der Waals surface area contributed by atoms with E-state index >= 15 is 0 Å². The summed E-state index contributed by atoms with van der Waals surface area (Å²) in [4.78, 5) is 15.0. The summed E-state index contributed by atoms with van der Waals surface area (Å²) in [6.45, 7) is 4.12. The predicted molar refractivity (Wildman–Crippen MR) is 125 cm³/mol. The largest absolute Gasteiger partial charge is 0.497 e. The second-order valence-corrected chi connectivity index (χ2v) is 9.49. The van der Waals surface area contributed by atoms with Gasteiger partial charge in [0.05, 0.1) is 18.9 Å². The lowest BCUT2D eigenvalue weighted by molar-refractivity contribution is -0.131. The monoisotopic (exact) mass is 451 g/mol. The van der Waals surface area contributed by atoms with E-state index in [4.69, 9.17) is 4.74 Å². The zero-order valence-corrected chi connectivity index (χ0v) is 19.4. The average Bonchev–Trinajstić information content (AvgIpc) is 3.26. The molecule has 2 aromatic carbocycles. The van der Waals surface area contributed by atoms with Crippen molar-refractivity contribution in [2.75, 3.05) is 20.2 Å². The molecule has 1 aliphatic rings. The lowest BCUT2D eigenvalue weighted by Gasteiger charge is -2.33. The first-order chi connectivity index (χ1) is 15.6. The number of piperidine rings is 1. The first kappa shape index (κ1) is 22.3. The number of thioether (sulfide) groups is 1. The van der Waals surface area contributed by atoms with Crippen molar-refractivity contribution in [1.82, 2.24) is 25.1 Å². The fourth-order valence-electron chi connectivity index (χ4n) is 4.05. The summed E-state index contributed by atoms with van der Waals surface area (Å²) >= 11 is 1.42. The Bertz CT molecular complexity index is 1000. The summed E-state index contributed by atoms with van der Waals surface area (Å²) in [7, 11) is 1.65. The Hall–Kier alpha value is -2.87. The number of rotatable bonds is 8. The van der Waals surface area contributed by atoms with E-state index in [2.05, 4.69) is 45.9 Å². The van der Waals surface area contributed by atoms with Gasteiger partial charge in [-0.1, -0.05) is 54.2 Å². The van der Waals surface area contributed by atoms with Gasteiger partial charge in [0.2, 0.25) is 11.1 Å². The Kier molecular flexibility index (Phi) is 7.42. The fraction of sp³-hybridized carbons (Fsp3) is 0.417. The number of aromatic nitrogens is 4. The van der Waals surface area contributed by atoms with E-state index in [1.54, 1.807) is 11.8 Å². The summed E-state index contributed by atoms with van der Waals surface area (Å²) in [6.07, 6.45) is 3.19. The maximum Gasteiger partial charge on any atom is 0.235 e. The van der Waals surface area contributed by atoms with E-state index in [1.807, 2.05) is 36.1 Å². The van der Waals surface area contributed by atoms with Crippen LogP contribution in [0.4, 0.5) is 0 Å². The van der Waals surface area contributed by atoms with Gasteiger partial charge >= 0.3 is 0 Å². The molecule has 1 atom stereocenters. The smallest absolute Gasteiger partial charge is 0.235 e. The van der Waals surface area contributed by atoms with Crippen molar-refractivity contribution in [2.24, 2.45) is 5.92 Å². The summed E-state index contributed by atoms with van der Waals surface area (Å²) in [5.74, 6) is 1.61. The third-order valence-electron chi connectivity index (χ3n) is 5.91. The molecular formula is C24H29N5O2S. The molecule has 1 aliphatic heterocycles. The Morgan fingerprint density at radius 2 is 1.81 bits per heavy atom. The van der Waals surface area contributed by atoms with Crippen LogP contribution < -0.4 is 4.74 Å². The predicted octanol–water partition coefficient (Wildman–Crippen LogP) is 3.69. The Morgan fingerprint density at radius 1 is 1.09 bits per heavy atom. The van der Waals surface area contributed by atoms with Gasteiger partial charge in [-0.2, -0.15) is 0 Å². The summed E-state index contributed by atoms with van der Waals surface area (Å²) < 4.78 is 6.95. The number of likely N-dealkylation sites (tertiary alicyclic amines) is 1. The molecule has 3 aromatic rings. The number of ether oxygens (including phenoxy) is 1. The van der Waals surface area contributed by atoms with E-state index in [0.29, 0.717) is 17.6 Å². The molecule has 0 radical (unpaired) electrons. The van der Waals surface area contributed by atoms with E-state index in [0.717, 1.165) is 43.7 Å². The molecular weight excluding hydrogens is 422 g/mol. The number of carbonyl (C=O) groups is 1. The number of methoxy groups -OCH3 is 1. The number of hydrogen-bond acceptors (Lipinski definition) is 6. The average molecular weight is 452 g/mol. The normalized spacial score (nSPS) is 15.5. The number of tetrazole rings is 1. The zero-order valence-electron chi connectivity index (χ0n) is 18.6. The van der Waals surface area contributed by atoms with Crippen LogP contribution in [0.1, 0.15) is 30.9 Å². The topological polar surface area (TPSA) is 73.1 Å². The number of hydrogen-bond donors (Lipinski definition) is 0. The molecule has 1 saturated heterocycles. The molecule has 1 amide bonds. The number of benzene rings is 2. The molecule has 8 heteroatoms. The van der Waals surface area contributed by atoms with E-state index < -0.39 is 0 Å². The summed E-state index contributed by atoms with van der Waals surface area (Å²) in [5, 5.41) is 12.5. The minimum absolute atomic E-state index is 0.159. The quantitative estimate of drug-likeness (QED) is 0.487. The minimum Gasteiger partial charge on any atom is -0.497 e. The van der Waals surface area contributed by atoms with Crippen LogP contribution in [-0.4, -0.2) is 56.5 Å². The van der Waals surface area contributed by atoms with Gasteiger partial charge in [0.1, 0.15) is 5.75 Å². The number of amides is 1. The van der Waals surface area contributed by atoms with Crippen molar-refractivity contribution >= 4 is 17.7 Å². The van der Waals surface area contributed by atoms with Gasteiger partial charge in [-0.15, -0.1) is 5.10 Å². The zero-order chi connectivity index (χ0) is 22.3. The fourth-order valence-corrected chi connectivity index (χ4v) is 4.93. The van der Waals surface area contributed by atoms with Gasteiger partial charge in [-0.3, -0.25) is 4.79 Å². The summed E-state index contributed by atoms with van der Waals surface area (Å²) in [5.41, 5.74) is 2.45. The van der Waals surface area contributed by atoms with E-state index in [9.17, 15) is 4.79 Å². The maximum absolute atomic E-state index is 13.0. The second-order valence-electron chi connectivity index (χ2n) is 8.19. The molecule has 0 saturated carbocycles. The molecule has 0 unspecified atom stereocenters. The highest BCUT2D eigenvalue weighted by Gasteiger charge is 2.27. The molecule has 1 aromatic heterocycles. The first-order valence-electron chi connectivity index (χ1n) is 11.0. The van der Waals surface area contributed by atoms with Gasteiger partial charge in [-0.25, -0.2) is 4.68 Å². The molecule has 0 aliphatic carbocycles. The molecule has 7 nitrogen and oxygen atoms in total. The molecule has 0 N–H and O–H groups in total. The van der Waals surface area contributed by atoms with Crippen LogP contribution in [0.15, 0.2) is 59.8 Å². The molecule has 0 spiro atoms. The van der Waals surface area contributed by atoms with Crippen molar-refractivity contribution in [1.29, 1.82) is 0 Å². The molecule has 4 rings (SSSR count). The van der Waals surface area contributed by atoms with Crippen molar-refractivity contribution in [2.45, 2.75) is 43.1 Å². The van der Waals surface area contributed by atoms with Crippen LogP contribution in [0.5, 0.6) is 5.75 Å².